The lowest BCUT2D eigenvalue weighted by atomic mass is 10.1. The molecule has 1 rings (SSSR count). The van der Waals surface area contributed by atoms with Crippen LogP contribution in [-0.4, -0.2) is 10.8 Å². The molecule has 0 saturated heterocycles. The number of aromatic nitrogens is 1. The van der Waals surface area contributed by atoms with Crippen LogP contribution in [0.25, 0.3) is 0 Å². The summed E-state index contributed by atoms with van der Waals surface area (Å²) < 4.78 is 0. The lowest BCUT2D eigenvalue weighted by Gasteiger charge is -1.93. The van der Waals surface area contributed by atoms with Crippen molar-refractivity contribution in [2.75, 3.05) is 0 Å². The van der Waals surface area contributed by atoms with E-state index in [-0.39, 0.29) is 5.78 Å². The number of H-pyrrole nitrogens is 1. The summed E-state index contributed by atoms with van der Waals surface area (Å²) in [7, 11) is 0. The molecule has 0 bridgehead atoms. The molecular weight excluding hydrogens is 138 g/mol. The number of hydrogen-bond donors (Lipinski definition) is 1. The number of nitrogens with one attached hydrogen (secondary N) is 1. The molecule has 2 nitrogen and oxygen atoms in total. The fraction of sp³-hybridized carbons (Fsp3) is 0.444. The Hall–Kier alpha value is -1.05. The van der Waals surface area contributed by atoms with Gasteiger partial charge in [0.2, 0.25) is 0 Å². The van der Waals surface area contributed by atoms with E-state index in [9.17, 15) is 4.79 Å². The number of ketones is 1. The molecule has 0 radical (unpaired) electrons. The van der Waals surface area contributed by atoms with Gasteiger partial charge in [-0.05, 0) is 33.3 Å². The third kappa shape index (κ3) is 1.20. The Bertz CT molecular complexity index is 297. The number of rotatable bonds is 1. The lowest BCUT2D eigenvalue weighted by molar-refractivity contribution is 0.101. The molecule has 11 heavy (non-hydrogen) atoms. The predicted molar refractivity (Wildman–Crippen MR) is 45.0 cm³/mol. The smallest absolute Gasteiger partial charge is 0.161 e. The Labute approximate surface area is 66.6 Å². The van der Waals surface area contributed by atoms with Crippen LogP contribution in [-0.2, 0) is 0 Å². The maximum atomic E-state index is 11.1. The highest BCUT2D eigenvalue weighted by atomic mass is 16.1. The van der Waals surface area contributed by atoms with E-state index in [2.05, 4.69) is 4.98 Å². The van der Waals surface area contributed by atoms with E-state index in [0.29, 0.717) is 0 Å². The van der Waals surface area contributed by atoms with E-state index in [1.807, 2.05) is 20.8 Å². The van der Waals surface area contributed by atoms with Crippen molar-refractivity contribution in [3.63, 3.8) is 0 Å². The first-order valence-electron chi connectivity index (χ1n) is 3.70. The van der Waals surface area contributed by atoms with E-state index in [4.69, 9.17) is 0 Å². The zero-order valence-electron chi connectivity index (χ0n) is 7.41. The van der Waals surface area contributed by atoms with Gasteiger partial charge in [0.15, 0.2) is 5.78 Å². The van der Waals surface area contributed by atoms with Crippen LogP contribution in [0.2, 0.25) is 0 Å². The number of Topliss-reactive ketones (excluding diaryl/α,β-unsaturated/α-hetero) is 1. The van der Waals surface area contributed by atoms with Crippen molar-refractivity contribution in [1.82, 2.24) is 4.98 Å². The van der Waals surface area contributed by atoms with Crippen LogP contribution in [0.15, 0.2) is 0 Å². The molecule has 0 aliphatic rings. The second kappa shape index (κ2) is 2.53. The van der Waals surface area contributed by atoms with Gasteiger partial charge >= 0.3 is 0 Å². The van der Waals surface area contributed by atoms with Gasteiger partial charge in [-0.15, -0.1) is 0 Å². The minimum Gasteiger partial charge on any atom is -0.362 e. The zero-order valence-corrected chi connectivity index (χ0v) is 7.41. The Morgan fingerprint density at radius 3 is 1.91 bits per heavy atom. The van der Waals surface area contributed by atoms with Crippen LogP contribution in [0.5, 0.6) is 0 Å². The van der Waals surface area contributed by atoms with E-state index in [0.717, 1.165) is 22.5 Å². The summed E-state index contributed by atoms with van der Waals surface area (Å²) in [4.78, 5) is 14.2. The van der Waals surface area contributed by atoms with Gasteiger partial charge in [-0.1, -0.05) is 0 Å². The first-order valence-corrected chi connectivity index (χ1v) is 3.70. The largest absolute Gasteiger partial charge is 0.362 e. The first-order chi connectivity index (χ1) is 5.04. The maximum Gasteiger partial charge on any atom is 0.161 e. The average molecular weight is 151 g/mol. The summed E-state index contributed by atoms with van der Waals surface area (Å²) >= 11 is 0. The number of aromatic amines is 1. The lowest BCUT2D eigenvalue weighted by Crippen LogP contribution is -1.94. The minimum atomic E-state index is 0.143. The van der Waals surface area contributed by atoms with Gasteiger partial charge in [-0.25, -0.2) is 0 Å². The maximum absolute atomic E-state index is 11.1. The molecular formula is C9H13NO. The number of aryl methyl sites for hydroxylation is 2. The standard InChI is InChI=1S/C9H13NO/c1-5-6(2)10-7(3)9(5)8(4)11/h10H,1-4H3. The summed E-state index contributed by atoms with van der Waals surface area (Å²) in [5.41, 5.74) is 4.00. The molecule has 0 aliphatic carbocycles. The Morgan fingerprint density at radius 2 is 1.73 bits per heavy atom. The number of hydrogen-bond acceptors (Lipinski definition) is 1. The quantitative estimate of drug-likeness (QED) is 0.613. The van der Waals surface area contributed by atoms with Gasteiger partial charge in [-0.2, -0.15) is 0 Å². The summed E-state index contributed by atoms with van der Waals surface area (Å²) in [6.45, 7) is 7.48. The highest BCUT2D eigenvalue weighted by Gasteiger charge is 2.11. The second-order valence-corrected chi connectivity index (χ2v) is 2.93. The molecule has 2 heteroatoms. The minimum absolute atomic E-state index is 0.143. The van der Waals surface area contributed by atoms with Crippen molar-refractivity contribution in [2.24, 2.45) is 0 Å². The normalized spacial score (nSPS) is 10.2. The monoisotopic (exact) mass is 151 g/mol. The van der Waals surface area contributed by atoms with Crippen molar-refractivity contribution >= 4 is 5.78 Å². The molecule has 1 aromatic heterocycles. The van der Waals surface area contributed by atoms with Gasteiger partial charge in [0.1, 0.15) is 0 Å². The fourth-order valence-corrected chi connectivity index (χ4v) is 1.43. The van der Waals surface area contributed by atoms with Crippen LogP contribution >= 0.6 is 0 Å². The molecule has 1 N–H and O–H groups in total. The van der Waals surface area contributed by atoms with Crippen LogP contribution < -0.4 is 0 Å². The van der Waals surface area contributed by atoms with Crippen LogP contribution in [0, 0.1) is 20.8 Å². The Kier molecular flexibility index (Phi) is 1.85. The van der Waals surface area contributed by atoms with E-state index in [1.54, 1.807) is 6.92 Å². The van der Waals surface area contributed by atoms with Crippen molar-refractivity contribution in [3.05, 3.63) is 22.5 Å². The van der Waals surface area contributed by atoms with Crippen molar-refractivity contribution in [3.8, 4) is 0 Å². The average Bonchev–Trinajstić information content (AvgIpc) is 2.07. The zero-order chi connectivity index (χ0) is 8.59. The molecule has 1 heterocycles. The van der Waals surface area contributed by atoms with Crippen LogP contribution in [0.4, 0.5) is 0 Å². The topological polar surface area (TPSA) is 32.9 Å². The fourth-order valence-electron chi connectivity index (χ4n) is 1.43. The van der Waals surface area contributed by atoms with E-state index >= 15 is 0 Å². The third-order valence-electron chi connectivity index (χ3n) is 2.04. The van der Waals surface area contributed by atoms with Crippen LogP contribution in [0.1, 0.15) is 34.2 Å². The Morgan fingerprint density at radius 1 is 1.18 bits per heavy atom. The third-order valence-corrected chi connectivity index (χ3v) is 2.04. The highest BCUT2D eigenvalue weighted by Crippen LogP contribution is 2.16. The van der Waals surface area contributed by atoms with Crippen molar-refractivity contribution in [2.45, 2.75) is 27.7 Å². The van der Waals surface area contributed by atoms with Gasteiger partial charge < -0.3 is 4.98 Å². The van der Waals surface area contributed by atoms with Crippen molar-refractivity contribution in [1.29, 1.82) is 0 Å². The van der Waals surface area contributed by atoms with Gasteiger partial charge in [0.25, 0.3) is 0 Å². The van der Waals surface area contributed by atoms with E-state index in [1.165, 1.54) is 0 Å². The predicted octanol–water partition coefficient (Wildman–Crippen LogP) is 2.14. The Balaban J connectivity index is 3.34. The molecule has 60 valence electrons. The molecule has 1 aromatic rings. The molecule has 0 aliphatic heterocycles. The SMILES string of the molecule is CC(=O)c1c(C)[nH]c(C)c1C. The number of carbonyl (C=O) groups excluding carboxylic acids is 1. The molecule has 0 aromatic carbocycles. The van der Waals surface area contributed by atoms with Gasteiger partial charge in [0.05, 0.1) is 0 Å². The van der Waals surface area contributed by atoms with Crippen LogP contribution in [0.3, 0.4) is 0 Å². The van der Waals surface area contributed by atoms with Gasteiger partial charge in [0, 0.05) is 17.0 Å². The molecule has 0 unspecified atom stereocenters. The molecule has 0 atom stereocenters. The highest BCUT2D eigenvalue weighted by molar-refractivity contribution is 5.97. The summed E-state index contributed by atoms with van der Waals surface area (Å²) in [6.07, 6.45) is 0. The molecule has 0 amide bonds. The van der Waals surface area contributed by atoms with Gasteiger partial charge in [-0.3, -0.25) is 4.79 Å². The molecule has 0 saturated carbocycles. The second-order valence-electron chi connectivity index (χ2n) is 2.93. The molecule has 0 spiro atoms. The number of carbonyl (C=O) groups is 1. The summed E-state index contributed by atoms with van der Waals surface area (Å²) in [6, 6.07) is 0. The molecule has 0 fully saturated rings. The van der Waals surface area contributed by atoms with E-state index < -0.39 is 0 Å². The first kappa shape index (κ1) is 8.05. The summed E-state index contributed by atoms with van der Waals surface area (Å²) in [5, 5.41) is 0. The summed E-state index contributed by atoms with van der Waals surface area (Å²) in [5.74, 6) is 0.143. The van der Waals surface area contributed by atoms with Crippen molar-refractivity contribution < 1.29 is 4.79 Å².